The van der Waals surface area contributed by atoms with E-state index in [1.807, 2.05) is 13.8 Å². The summed E-state index contributed by atoms with van der Waals surface area (Å²) in [5.74, 6) is 0.0671. The van der Waals surface area contributed by atoms with Gasteiger partial charge in [-0.25, -0.2) is 0 Å². The van der Waals surface area contributed by atoms with Crippen molar-refractivity contribution in [1.82, 2.24) is 10.2 Å². The van der Waals surface area contributed by atoms with Gasteiger partial charge in [0, 0.05) is 13.1 Å². The molecule has 1 heterocycles. The number of hydrogen-bond donors (Lipinski definition) is 2. The Morgan fingerprint density at radius 2 is 2.19 bits per heavy atom. The van der Waals surface area contributed by atoms with Crippen molar-refractivity contribution < 1.29 is 9.90 Å². The average Bonchev–Trinajstić information content (AvgIpc) is 2.27. The van der Waals surface area contributed by atoms with E-state index in [0.29, 0.717) is 6.04 Å². The lowest BCUT2D eigenvalue weighted by Gasteiger charge is -2.39. The maximum absolute atomic E-state index is 11.6. The Morgan fingerprint density at radius 3 is 2.75 bits per heavy atom. The van der Waals surface area contributed by atoms with Crippen molar-refractivity contribution in [2.75, 3.05) is 13.6 Å². The molecule has 3 unspecified atom stereocenters. The van der Waals surface area contributed by atoms with Gasteiger partial charge >= 0.3 is 0 Å². The Kier molecular flexibility index (Phi) is 5.22. The minimum absolute atomic E-state index is 0.0671. The van der Waals surface area contributed by atoms with Crippen molar-refractivity contribution in [3.05, 3.63) is 0 Å². The zero-order valence-electron chi connectivity index (χ0n) is 10.6. The van der Waals surface area contributed by atoms with Gasteiger partial charge in [0.2, 0.25) is 5.91 Å². The van der Waals surface area contributed by atoms with Crippen LogP contribution in [0.5, 0.6) is 0 Å². The van der Waals surface area contributed by atoms with Gasteiger partial charge in [-0.15, -0.1) is 0 Å². The van der Waals surface area contributed by atoms with Crippen molar-refractivity contribution in [3.63, 3.8) is 0 Å². The molecular weight excluding hydrogens is 204 g/mol. The SMILES string of the molecule is CNC(=O)C(C)N1CCCCC1CC(C)O. The summed E-state index contributed by atoms with van der Waals surface area (Å²) in [5, 5.41) is 12.2. The van der Waals surface area contributed by atoms with Crippen LogP contribution in [0.1, 0.15) is 39.5 Å². The van der Waals surface area contributed by atoms with Crippen molar-refractivity contribution in [2.24, 2.45) is 0 Å². The molecule has 1 aliphatic heterocycles. The number of piperidine rings is 1. The summed E-state index contributed by atoms with van der Waals surface area (Å²) in [5.41, 5.74) is 0. The van der Waals surface area contributed by atoms with E-state index in [-0.39, 0.29) is 18.1 Å². The minimum Gasteiger partial charge on any atom is -0.393 e. The molecule has 1 rings (SSSR count). The van der Waals surface area contributed by atoms with Gasteiger partial charge in [0.15, 0.2) is 0 Å². The number of carbonyl (C=O) groups is 1. The molecule has 0 aromatic carbocycles. The first-order valence-electron chi connectivity index (χ1n) is 6.21. The van der Waals surface area contributed by atoms with Gasteiger partial charge in [-0.3, -0.25) is 9.69 Å². The van der Waals surface area contributed by atoms with E-state index >= 15 is 0 Å². The smallest absolute Gasteiger partial charge is 0.236 e. The van der Waals surface area contributed by atoms with Gasteiger partial charge < -0.3 is 10.4 Å². The summed E-state index contributed by atoms with van der Waals surface area (Å²) >= 11 is 0. The van der Waals surface area contributed by atoms with Crippen LogP contribution in [0.3, 0.4) is 0 Å². The van der Waals surface area contributed by atoms with E-state index in [0.717, 1.165) is 25.8 Å². The second-order valence-corrected chi connectivity index (χ2v) is 4.76. The van der Waals surface area contributed by atoms with E-state index in [4.69, 9.17) is 0 Å². The largest absolute Gasteiger partial charge is 0.393 e. The topological polar surface area (TPSA) is 52.6 Å². The highest BCUT2D eigenvalue weighted by Crippen LogP contribution is 2.23. The molecule has 2 N–H and O–H groups in total. The lowest BCUT2D eigenvalue weighted by atomic mass is 9.95. The third kappa shape index (κ3) is 3.46. The van der Waals surface area contributed by atoms with Crippen molar-refractivity contribution in [2.45, 2.75) is 57.7 Å². The standard InChI is InChI=1S/C12H24N2O2/c1-9(15)8-11-6-4-5-7-14(11)10(2)12(16)13-3/h9-11,15H,4-8H2,1-3H3,(H,13,16). The van der Waals surface area contributed by atoms with Crippen LogP contribution in [0, 0.1) is 0 Å². The predicted molar refractivity (Wildman–Crippen MR) is 64.2 cm³/mol. The third-order valence-corrected chi connectivity index (χ3v) is 3.41. The fourth-order valence-electron chi connectivity index (χ4n) is 2.54. The molecule has 4 nitrogen and oxygen atoms in total. The van der Waals surface area contributed by atoms with Crippen LogP contribution in [0.4, 0.5) is 0 Å². The third-order valence-electron chi connectivity index (χ3n) is 3.41. The van der Waals surface area contributed by atoms with Crippen LogP contribution in [0.25, 0.3) is 0 Å². The zero-order valence-corrected chi connectivity index (χ0v) is 10.6. The number of hydrogen-bond acceptors (Lipinski definition) is 3. The maximum Gasteiger partial charge on any atom is 0.236 e. The Morgan fingerprint density at radius 1 is 1.50 bits per heavy atom. The molecule has 0 spiro atoms. The average molecular weight is 228 g/mol. The number of amides is 1. The van der Waals surface area contributed by atoms with E-state index in [1.54, 1.807) is 7.05 Å². The highest BCUT2D eigenvalue weighted by Gasteiger charge is 2.30. The molecule has 0 bridgehead atoms. The van der Waals surface area contributed by atoms with Gasteiger partial charge in [0.25, 0.3) is 0 Å². The number of aliphatic hydroxyl groups excluding tert-OH is 1. The number of likely N-dealkylation sites (tertiary alicyclic amines) is 1. The summed E-state index contributed by atoms with van der Waals surface area (Å²) in [7, 11) is 1.67. The van der Waals surface area contributed by atoms with Crippen LogP contribution < -0.4 is 5.32 Å². The van der Waals surface area contributed by atoms with Gasteiger partial charge in [0.1, 0.15) is 0 Å². The fourth-order valence-corrected chi connectivity index (χ4v) is 2.54. The molecule has 1 fully saturated rings. The Balaban J connectivity index is 2.62. The van der Waals surface area contributed by atoms with Gasteiger partial charge in [-0.1, -0.05) is 6.42 Å². The van der Waals surface area contributed by atoms with Gasteiger partial charge in [0.05, 0.1) is 12.1 Å². The van der Waals surface area contributed by atoms with E-state index in [1.165, 1.54) is 6.42 Å². The van der Waals surface area contributed by atoms with Crippen LogP contribution in [0.2, 0.25) is 0 Å². The molecule has 94 valence electrons. The van der Waals surface area contributed by atoms with Crippen molar-refractivity contribution in [1.29, 1.82) is 0 Å². The molecule has 3 atom stereocenters. The molecule has 0 radical (unpaired) electrons. The highest BCUT2D eigenvalue weighted by molar-refractivity contribution is 5.81. The second kappa shape index (κ2) is 6.21. The molecule has 1 amide bonds. The fraction of sp³-hybridized carbons (Fsp3) is 0.917. The van der Waals surface area contributed by atoms with E-state index < -0.39 is 0 Å². The summed E-state index contributed by atoms with van der Waals surface area (Å²) in [6.45, 7) is 4.72. The monoisotopic (exact) mass is 228 g/mol. The molecule has 0 aliphatic carbocycles. The van der Waals surface area contributed by atoms with Crippen LogP contribution >= 0.6 is 0 Å². The summed E-state index contributed by atoms with van der Waals surface area (Å²) < 4.78 is 0. The van der Waals surface area contributed by atoms with Gasteiger partial charge in [-0.05, 0) is 39.7 Å². The number of nitrogens with one attached hydrogen (secondary N) is 1. The lowest BCUT2D eigenvalue weighted by Crippen LogP contribution is -2.51. The number of rotatable bonds is 4. The summed E-state index contributed by atoms with van der Waals surface area (Å²) in [4.78, 5) is 13.9. The predicted octanol–water partition coefficient (Wildman–Crippen LogP) is 0.746. The van der Waals surface area contributed by atoms with Crippen molar-refractivity contribution >= 4 is 5.91 Å². The molecular formula is C12H24N2O2. The Hall–Kier alpha value is -0.610. The maximum atomic E-state index is 11.6. The molecule has 4 heteroatoms. The first-order valence-corrected chi connectivity index (χ1v) is 6.21. The van der Waals surface area contributed by atoms with E-state index in [9.17, 15) is 9.90 Å². The molecule has 1 aliphatic rings. The first kappa shape index (κ1) is 13.5. The quantitative estimate of drug-likeness (QED) is 0.746. The normalized spacial score (nSPS) is 26.1. The van der Waals surface area contributed by atoms with E-state index in [2.05, 4.69) is 10.2 Å². The van der Waals surface area contributed by atoms with Gasteiger partial charge in [-0.2, -0.15) is 0 Å². The minimum atomic E-state index is -0.289. The van der Waals surface area contributed by atoms with Crippen LogP contribution in [0.15, 0.2) is 0 Å². The lowest BCUT2D eigenvalue weighted by molar-refractivity contribution is -0.127. The molecule has 0 aromatic rings. The number of nitrogens with zero attached hydrogens (tertiary/aromatic N) is 1. The molecule has 0 aromatic heterocycles. The summed E-state index contributed by atoms with van der Waals surface area (Å²) in [6.07, 6.45) is 3.92. The number of likely N-dealkylation sites (N-methyl/N-ethyl adjacent to an activating group) is 1. The first-order chi connectivity index (χ1) is 7.56. The number of carbonyl (C=O) groups excluding carboxylic acids is 1. The van der Waals surface area contributed by atoms with Crippen LogP contribution in [-0.4, -0.2) is 47.7 Å². The number of aliphatic hydroxyl groups is 1. The Labute approximate surface area is 98.0 Å². The summed E-state index contributed by atoms with van der Waals surface area (Å²) in [6, 6.07) is 0.259. The highest BCUT2D eigenvalue weighted by atomic mass is 16.3. The van der Waals surface area contributed by atoms with Crippen LogP contribution in [-0.2, 0) is 4.79 Å². The Bertz CT molecular complexity index is 231. The van der Waals surface area contributed by atoms with Crippen molar-refractivity contribution in [3.8, 4) is 0 Å². The zero-order chi connectivity index (χ0) is 12.1. The molecule has 0 saturated carbocycles. The molecule has 16 heavy (non-hydrogen) atoms. The molecule has 1 saturated heterocycles. The second-order valence-electron chi connectivity index (χ2n) is 4.76.